The maximum atomic E-state index is 10.6. The number of aliphatic hydroxyl groups is 1. The Balaban J connectivity index is 1.51. The van der Waals surface area contributed by atoms with Crippen LogP contribution in [0.1, 0.15) is 18.1 Å². The molecule has 0 aliphatic carbocycles. The number of benzene rings is 1. The normalized spacial score (nSPS) is 19.1. The summed E-state index contributed by atoms with van der Waals surface area (Å²) in [5, 5.41) is 24.2. The molecule has 24 heavy (non-hydrogen) atoms. The van der Waals surface area contributed by atoms with Gasteiger partial charge in [-0.1, -0.05) is 30.3 Å². The second-order valence-electron chi connectivity index (χ2n) is 5.97. The van der Waals surface area contributed by atoms with E-state index in [1.165, 1.54) is 12.3 Å². The molecule has 0 spiro atoms. The molecule has 1 fully saturated rings. The van der Waals surface area contributed by atoms with E-state index < -0.39 is 11.0 Å². The Hall–Kier alpha value is -2.51. The van der Waals surface area contributed by atoms with Crippen LogP contribution in [0.15, 0.2) is 48.7 Å². The quantitative estimate of drug-likeness (QED) is 0.624. The number of nitrogens with one attached hydrogen (secondary N) is 1. The van der Waals surface area contributed by atoms with Gasteiger partial charge in [-0.2, -0.15) is 0 Å². The van der Waals surface area contributed by atoms with E-state index in [0.29, 0.717) is 12.4 Å². The molecule has 0 bridgehead atoms. The number of β-amino-alcohol motifs (C(OH)–C–C–N with tert-alkyl or cyclic N) is 1. The van der Waals surface area contributed by atoms with Gasteiger partial charge in [0.05, 0.1) is 11.0 Å². The van der Waals surface area contributed by atoms with Crippen LogP contribution in [-0.2, 0) is 0 Å². The van der Waals surface area contributed by atoms with Gasteiger partial charge < -0.3 is 10.4 Å². The smallest absolute Gasteiger partial charge is 0.287 e. The highest BCUT2D eigenvalue weighted by atomic mass is 16.6. The standard InChI is InChI=1S/C17H20N4O3/c22-16(13-4-2-1-3-5-13)12-20-9-8-14(11-20)19-17-7-6-15(10-18-17)21(23)24/h1-7,10,14,16,22H,8-9,11-12H2,(H,18,19)/t14-,16-/m0/s1. The number of pyridine rings is 1. The number of anilines is 1. The van der Waals surface area contributed by atoms with Gasteiger partial charge in [0.2, 0.25) is 0 Å². The Kier molecular flexibility index (Phi) is 5.02. The number of hydrogen-bond acceptors (Lipinski definition) is 6. The zero-order valence-electron chi connectivity index (χ0n) is 13.2. The van der Waals surface area contributed by atoms with Crippen molar-refractivity contribution in [1.29, 1.82) is 0 Å². The first kappa shape index (κ1) is 16.4. The molecule has 2 atom stereocenters. The average Bonchev–Trinajstić information content (AvgIpc) is 3.03. The van der Waals surface area contributed by atoms with Crippen molar-refractivity contribution in [3.8, 4) is 0 Å². The summed E-state index contributed by atoms with van der Waals surface area (Å²) in [5.41, 5.74) is 0.908. The first-order valence-corrected chi connectivity index (χ1v) is 7.94. The van der Waals surface area contributed by atoms with E-state index in [-0.39, 0.29) is 11.7 Å². The molecule has 1 aliphatic rings. The van der Waals surface area contributed by atoms with Gasteiger partial charge in [0, 0.05) is 31.7 Å². The molecule has 1 saturated heterocycles. The van der Waals surface area contributed by atoms with Crippen LogP contribution in [0.4, 0.5) is 11.5 Å². The largest absolute Gasteiger partial charge is 0.387 e. The van der Waals surface area contributed by atoms with Gasteiger partial charge in [0.25, 0.3) is 5.69 Å². The number of likely N-dealkylation sites (tertiary alicyclic amines) is 1. The van der Waals surface area contributed by atoms with Crippen LogP contribution in [0.3, 0.4) is 0 Å². The van der Waals surface area contributed by atoms with Crippen molar-refractivity contribution in [2.45, 2.75) is 18.6 Å². The van der Waals surface area contributed by atoms with Crippen LogP contribution < -0.4 is 5.32 Å². The summed E-state index contributed by atoms with van der Waals surface area (Å²) in [4.78, 5) is 16.5. The lowest BCUT2D eigenvalue weighted by molar-refractivity contribution is -0.385. The van der Waals surface area contributed by atoms with Crippen LogP contribution in [0.25, 0.3) is 0 Å². The van der Waals surface area contributed by atoms with Crippen molar-refractivity contribution < 1.29 is 10.0 Å². The highest BCUT2D eigenvalue weighted by Crippen LogP contribution is 2.20. The molecule has 0 unspecified atom stereocenters. The molecule has 7 nitrogen and oxygen atoms in total. The molecule has 1 aromatic carbocycles. The first-order valence-electron chi connectivity index (χ1n) is 7.94. The van der Waals surface area contributed by atoms with Crippen molar-refractivity contribution in [2.24, 2.45) is 0 Å². The first-order chi connectivity index (χ1) is 11.6. The monoisotopic (exact) mass is 328 g/mol. The second kappa shape index (κ2) is 7.37. The molecule has 2 heterocycles. The molecule has 2 N–H and O–H groups in total. The van der Waals surface area contributed by atoms with Gasteiger partial charge in [-0.05, 0) is 18.1 Å². The lowest BCUT2D eigenvalue weighted by atomic mass is 10.1. The maximum absolute atomic E-state index is 10.6. The number of nitro groups is 1. The van der Waals surface area contributed by atoms with Gasteiger partial charge >= 0.3 is 0 Å². The van der Waals surface area contributed by atoms with Crippen LogP contribution in [0, 0.1) is 10.1 Å². The van der Waals surface area contributed by atoms with E-state index in [1.807, 2.05) is 30.3 Å². The summed E-state index contributed by atoms with van der Waals surface area (Å²) in [6.07, 6.45) is 1.71. The van der Waals surface area contributed by atoms with Crippen molar-refractivity contribution in [2.75, 3.05) is 25.0 Å². The lowest BCUT2D eigenvalue weighted by Gasteiger charge is -2.20. The molecule has 1 aliphatic heterocycles. The Morgan fingerprint density at radius 3 is 2.79 bits per heavy atom. The number of hydrogen-bond donors (Lipinski definition) is 2. The number of rotatable bonds is 6. The minimum atomic E-state index is -0.498. The fourth-order valence-electron chi connectivity index (χ4n) is 2.93. The van der Waals surface area contributed by atoms with Crippen LogP contribution >= 0.6 is 0 Å². The number of nitrogens with zero attached hydrogens (tertiary/aromatic N) is 3. The molecule has 2 aromatic rings. The third-order valence-electron chi connectivity index (χ3n) is 4.20. The van der Waals surface area contributed by atoms with Gasteiger partial charge in [0.1, 0.15) is 12.0 Å². The van der Waals surface area contributed by atoms with Crippen LogP contribution in [0.5, 0.6) is 0 Å². The van der Waals surface area contributed by atoms with Crippen LogP contribution in [0.2, 0.25) is 0 Å². The lowest BCUT2D eigenvalue weighted by Crippen LogP contribution is -2.30. The summed E-state index contributed by atoms with van der Waals surface area (Å²) in [6, 6.07) is 12.9. The van der Waals surface area contributed by atoms with E-state index in [1.54, 1.807) is 6.07 Å². The third-order valence-corrected chi connectivity index (χ3v) is 4.20. The molecule has 7 heteroatoms. The summed E-state index contributed by atoms with van der Waals surface area (Å²) in [7, 11) is 0. The topological polar surface area (TPSA) is 91.5 Å². The van der Waals surface area contributed by atoms with Gasteiger partial charge in [-0.3, -0.25) is 15.0 Å². The second-order valence-corrected chi connectivity index (χ2v) is 5.97. The molecule has 0 radical (unpaired) electrons. The highest BCUT2D eigenvalue weighted by Gasteiger charge is 2.24. The predicted octanol–water partition coefficient (Wildman–Crippen LogP) is 2.21. The predicted molar refractivity (Wildman–Crippen MR) is 90.8 cm³/mol. The Morgan fingerprint density at radius 1 is 1.33 bits per heavy atom. The zero-order chi connectivity index (χ0) is 16.9. The van der Waals surface area contributed by atoms with Crippen molar-refractivity contribution in [3.63, 3.8) is 0 Å². The number of aromatic nitrogens is 1. The SMILES string of the molecule is O=[N+]([O-])c1ccc(N[C@H]2CCN(C[C@H](O)c3ccccc3)C2)nc1. The number of aliphatic hydroxyl groups excluding tert-OH is 1. The van der Waals surface area contributed by atoms with Gasteiger partial charge in [-0.15, -0.1) is 0 Å². The third kappa shape index (κ3) is 4.06. The van der Waals surface area contributed by atoms with Crippen molar-refractivity contribution in [1.82, 2.24) is 9.88 Å². The van der Waals surface area contributed by atoms with E-state index >= 15 is 0 Å². The Morgan fingerprint density at radius 2 is 2.12 bits per heavy atom. The Bertz CT molecular complexity index is 678. The minimum absolute atomic E-state index is 0.0143. The molecule has 3 rings (SSSR count). The molecule has 0 saturated carbocycles. The fraction of sp³-hybridized carbons (Fsp3) is 0.353. The molecular formula is C17H20N4O3. The maximum Gasteiger partial charge on any atom is 0.287 e. The van der Waals surface area contributed by atoms with Crippen LogP contribution in [-0.4, -0.2) is 45.6 Å². The Labute approximate surface area is 140 Å². The minimum Gasteiger partial charge on any atom is -0.387 e. The zero-order valence-corrected chi connectivity index (χ0v) is 13.2. The van der Waals surface area contributed by atoms with E-state index in [9.17, 15) is 15.2 Å². The van der Waals surface area contributed by atoms with Gasteiger partial charge in [0.15, 0.2) is 0 Å². The van der Waals surface area contributed by atoms with Crippen molar-refractivity contribution in [3.05, 3.63) is 64.3 Å². The molecule has 1 aromatic heterocycles. The summed E-state index contributed by atoms with van der Waals surface area (Å²) < 4.78 is 0. The summed E-state index contributed by atoms with van der Waals surface area (Å²) in [5.74, 6) is 0.635. The van der Waals surface area contributed by atoms with E-state index in [2.05, 4.69) is 15.2 Å². The fourth-order valence-corrected chi connectivity index (χ4v) is 2.93. The van der Waals surface area contributed by atoms with E-state index in [0.717, 1.165) is 25.1 Å². The van der Waals surface area contributed by atoms with Gasteiger partial charge in [-0.25, -0.2) is 4.98 Å². The summed E-state index contributed by atoms with van der Waals surface area (Å²) in [6.45, 7) is 2.30. The molecule has 126 valence electrons. The molecular weight excluding hydrogens is 308 g/mol. The highest BCUT2D eigenvalue weighted by molar-refractivity contribution is 5.41. The molecule has 0 amide bonds. The average molecular weight is 328 g/mol. The summed E-state index contributed by atoms with van der Waals surface area (Å²) >= 11 is 0. The van der Waals surface area contributed by atoms with E-state index in [4.69, 9.17) is 0 Å². The van der Waals surface area contributed by atoms with Crippen molar-refractivity contribution >= 4 is 11.5 Å².